The fraction of sp³-hybridized carbons (Fsp3) is 0.385. The average molecular weight is 471 g/mol. The second-order valence-corrected chi connectivity index (χ2v) is 9.91. The Labute approximate surface area is 203 Å². The highest BCUT2D eigenvalue weighted by molar-refractivity contribution is 5.77. The van der Waals surface area contributed by atoms with Crippen molar-refractivity contribution in [3.05, 3.63) is 69.8 Å². The van der Waals surface area contributed by atoms with Crippen molar-refractivity contribution in [1.29, 1.82) is 0 Å². The van der Waals surface area contributed by atoms with Gasteiger partial charge in [-0.15, -0.1) is 0 Å². The molecule has 1 aliphatic carbocycles. The van der Waals surface area contributed by atoms with E-state index in [1.54, 1.807) is 10.9 Å². The van der Waals surface area contributed by atoms with Gasteiger partial charge in [-0.1, -0.05) is 12.1 Å². The molecule has 9 nitrogen and oxygen atoms in total. The van der Waals surface area contributed by atoms with Crippen molar-refractivity contribution >= 4 is 22.7 Å². The Hall–Kier alpha value is -3.56. The third-order valence-corrected chi connectivity index (χ3v) is 7.08. The van der Waals surface area contributed by atoms with E-state index in [-0.39, 0.29) is 17.1 Å². The number of hydrogen-bond acceptors (Lipinski definition) is 7. The number of benzene rings is 1. The topological polar surface area (TPSA) is 102 Å². The fourth-order valence-corrected chi connectivity index (χ4v) is 4.63. The van der Waals surface area contributed by atoms with E-state index in [0.29, 0.717) is 22.8 Å². The molecule has 1 aromatic carbocycles. The molecule has 3 N–H and O–H groups in total. The Balaban J connectivity index is 1.46. The largest absolute Gasteiger partial charge is 0.324 e. The molecule has 0 spiro atoms. The second kappa shape index (κ2) is 8.28. The van der Waals surface area contributed by atoms with Crippen LogP contribution >= 0.6 is 0 Å². The summed E-state index contributed by atoms with van der Waals surface area (Å²) in [5.41, 5.74) is 4.65. The van der Waals surface area contributed by atoms with Gasteiger partial charge in [0.25, 0.3) is 5.56 Å². The third kappa shape index (κ3) is 3.90. The molecule has 35 heavy (non-hydrogen) atoms. The first-order valence-corrected chi connectivity index (χ1v) is 12.2. The molecule has 1 saturated carbocycles. The molecule has 4 aromatic rings. The molecule has 0 saturated heterocycles. The number of anilines is 2. The molecular formula is C26H30N8O. The Morgan fingerprint density at radius 3 is 2.77 bits per heavy atom. The average Bonchev–Trinajstić information content (AvgIpc) is 3.68. The van der Waals surface area contributed by atoms with Gasteiger partial charge in [-0.2, -0.15) is 4.98 Å². The van der Waals surface area contributed by atoms with Crippen LogP contribution in [0.25, 0.3) is 16.9 Å². The lowest BCUT2D eigenvalue weighted by Crippen LogP contribution is -2.34. The monoisotopic (exact) mass is 470 g/mol. The van der Waals surface area contributed by atoms with Gasteiger partial charge in [0.1, 0.15) is 5.39 Å². The molecule has 3 aromatic heterocycles. The molecule has 2 aliphatic rings. The maximum Gasteiger partial charge on any atom is 0.278 e. The van der Waals surface area contributed by atoms with E-state index >= 15 is 0 Å². The zero-order valence-corrected chi connectivity index (χ0v) is 20.3. The lowest BCUT2D eigenvalue weighted by molar-refractivity contribution is 0.429. The number of fused-ring (bicyclic) bond motifs is 2. The minimum Gasteiger partial charge on any atom is -0.324 e. The first kappa shape index (κ1) is 21.9. The molecule has 6 rings (SSSR count). The summed E-state index contributed by atoms with van der Waals surface area (Å²) in [5.74, 6) is 1.13. The van der Waals surface area contributed by atoms with Crippen LogP contribution in [0.4, 0.5) is 11.6 Å². The van der Waals surface area contributed by atoms with Crippen molar-refractivity contribution in [2.24, 2.45) is 0 Å². The van der Waals surface area contributed by atoms with Crippen LogP contribution in [-0.4, -0.2) is 37.9 Å². The smallest absolute Gasteiger partial charge is 0.278 e. The van der Waals surface area contributed by atoms with E-state index in [4.69, 9.17) is 9.97 Å². The number of nitrogens with one attached hydrogen (secondary N) is 3. The van der Waals surface area contributed by atoms with Gasteiger partial charge in [-0.05, 0) is 82.1 Å². The van der Waals surface area contributed by atoms with E-state index < -0.39 is 0 Å². The lowest BCUT2D eigenvalue weighted by Gasteiger charge is -2.24. The minimum absolute atomic E-state index is 0.0750. The minimum atomic E-state index is -0.313. The Morgan fingerprint density at radius 1 is 1.11 bits per heavy atom. The van der Waals surface area contributed by atoms with Crippen LogP contribution < -0.4 is 21.5 Å². The predicted octanol–water partition coefficient (Wildman–Crippen LogP) is 3.16. The summed E-state index contributed by atoms with van der Waals surface area (Å²) in [7, 11) is 1.92. The van der Waals surface area contributed by atoms with Crippen LogP contribution in [-0.2, 0) is 18.5 Å². The van der Waals surface area contributed by atoms with Crippen molar-refractivity contribution in [3.8, 4) is 5.82 Å². The number of nitrogens with zero attached hydrogens (tertiary/aromatic N) is 5. The van der Waals surface area contributed by atoms with Crippen LogP contribution in [0.1, 0.15) is 49.6 Å². The molecule has 4 heterocycles. The van der Waals surface area contributed by atoms with Crippen molar-refractivity contribution in [2.75, 3.05) is 18.9 Å². The first-order chi connectivity index (χ1) is 16.9. The molecule has 0 amide bonds. The summed E-state index contributed by atoms with van der Waals surface area (Å²) in [6.45, 7) is 6.04. The third-order valence-electron chi connectivity index (χ3n) is 7.08. The van der Waals surface area contributed by atoms with Gasteiger partial charge in [-0.25, -0.2) is 19.3 Å². The Bertz CT molecular complexity index is 1480. The molecule has 1 aliphatic heterocycles. The second-order valence-electron chi connectivity index (χ2n) is 9.91. The first-order valence-electron chi connectivity index (χ1n) is 12.2. The predicted molar refractivity (Wildman–Crippen MR) is 136 cm³/mol. The van der Waals surface area contributed by atoms with Crippen LogP contribution in [0.3, 0.4) is 0 Å². The normalized spacial score (nSPS) is 15.9. The standard InChI is InChI=1S/C26H30N8O/c1-26(2,27-3)21-5-4-6-22(31-21)34-23-20(24(35)33(34)19-9-10-19)15-29-25(32-23)30-18-8-7-16-11-12-28-14-17(16)13-18/h4-8,13,15,19,27-28H,9-12,14H2,1-3H3,(H,29,30,32). The highest BCUT2D eigenvalue weighted by Crippen LogP contribution is 2.35. The molecule has 0 atom stereocenters. The molecule has 9 heteroatoms. The van der Waals surface area contributed by atoms with Gasteiger partial charge in [-0.3, -0.25) is 4.79 Å². The summed E-state index contributed by atoms with van der Waals surface area (Å²) >= 11 is 0. The summed E-state index contributed by atoms with van der Waals surface area (Å²) < 4.78 is 3.67. The molecule has 1 fully saturated rings. The highest BCUT2D eigenvalue weighted by atomic mass is 16.1. The zero-order valence-electron chi connectivity index (χ0n) is 20.3. The van der Waals surface area contributed by atoms with Gasteiger partial charge in [0.2, 0.25) is 5.95 Å². The van der Waals surface area contributed by atoms with Crippen molar-refractivity contribution in [3.63, 3.8) is 0 Å². The maximum absolute atomic E-state index is 13.4. The zero-order chi connectivity index (χ0) is 24.2. The van der Waals surface area contributed by atoms with E-state index in [9.17, 15) is 4.79 Å². The van der Waals surface area contributed by atoms with Gasteiger partial charge in [0.15, 0.2) is 11.5 Å². The van der Waals surface area contributed by atoms with Crippen molar-refractivity contribution in [2.45, 2.75) is 51.2 Å². The van der Waals surface area contributed by atoms with Crippen LogP contribution in [0.2, 0.25) is 0 Å². The molecule has 0 bridgehead atoms. The van der Waals surface area contributed by atoms with Crippen molar-refractivity contribution in [1.82, 2.24) is 34.9 Å². The Morgan fingerprint density at radius 2 is 1.97 bits per heavy atom. The Kier molecular flexibility index (Phi) is 5.19. The lowest BCUT2D eigenvalue weighted by atomic mass is 10.0. The number of aromatic nitrogens is 5. The van der Waals surface area contributed by atoms with Crippen LogP contribution in [0.5, 0.6) is 0 Å². The molecule has 0 unspecified atom stereocenters. The summed E-state index contributed by atoms with van der Waals surface area (Å²) in [5, 5.41) is 10.6. The SMILES string of the molecule is CNC(C)(C)c1cccc(-n2c3nc(Nc4ccc5c(c4)CNCC5)ncc3c(=O)n2C2CC2)n1. The number of hydrogen-bond donors (Lipinski definition) is 3. The highest BCUT2D eigenvalue weighted by Gasteiger charge is 2.31. The van der Waals surface area contributed by atoms with Gasteiger partial charge in [0, 0.05) is 18.4 Å². The maximum atomic E-state index is 13.4. The summed E-state index contributed by atoms with van der Waals surface area (Å²) in [4.78, 5) is 27.6. The summed E-state index contributed by atoms with van der Waals surface area (Å²) in [6.07, 6.45) is 4.61. The fourth-order valence-electron chi connectivity index (χ4n) is 4.63. The van der Waals surface area contributed by atoms with Gasteiger partial charge >= 0.3 is 0 Å². The summed E-state index contributed by atoms with van der Waals surface area (Å²) in [6, 6.07) is 12.4. The molecular weight excluding hydrogens is 440 g/mol. The van der Waals surface area contributed by atoms with E-state index in [2.05, 4.69) is 53.0 Å². The number of pyridine rings is 1. The van der Waals surface area contributed by atoms with Crippen LogP contribution in [0.15, 0.2) is 47.4 Å². The van der Waals surface area contributed by atoms with Gasteiger partial charge in [0.05, 0.1) is 17.3 Å². The van der Waals surface area contributed by atoms with Crippen LogP contribution in [0, 0.1) is 0 Å². The van der Waals surface area contributed by atoms with Crippen molar-refractivity contribution < 1.29 is 0 Å². The van der Waals surface area contributed by atoms with Gasteiger partial charge < -0.3 is 16.0 Å². The molecule has 0 radical (unpaired) electrons. The van der Waals surface area contributed by atoms with E-state index in [1.807, 2.05) is 29.9 Å². The quantitative estimate of drug-likeness (QED) is 0.398. The van der Waals surface area contributed by atoms with E-state index in [0.717, 1.165) is 43.7 Å². The molecule has 180 valence electrons. The van der Waals surface area contributed by atoms with E-state index in [1.165, 1.54) is 11.1 Å². The number of rotatable bonds is 6.